The molecule has 0 aliphatic heterocycles. The molecule has 0 bridgehead atoms. The zero-order chi connectivity index (χ0) is 17.8. The van der Waals surface area contributed by atoms with E-state index in [0.717, 1.165) is 0 Å². The van der Waals surface area contributed by atoms with Crippen molar-refractivity contribution in [3.8, 4) is 0 Å². The molecule has 0 radical (unpaired) electrons. The van der Waals surface area contributed by atoms with Crippen molar-refractivity contribution >= 4 is 16.1 Å². The van der Waals surface area contributed by atoms with Gasteiger partial charge in [-0.25, -0.2) is 8.98 Å². The van der Waals surface area contributed by atoms with Crippen molar-refractivity contribution in [1.29, 1.82) is 0 Å². The number of ether oxygens (including phenoxy) is 1. The van der Waals surface area contributed by atoms with Crippen LogP contribution in [-0.4, -0.2) is 26.0 Å². The standard InChI is InChI=1S/C15H17F3O5S/c16-15(17,18)24(20,21)23-13(12-8-4-5-9-12)14(19)22-10-11-6-2-1-3-7-11/h1-3,6-7,12-13H,4-5,8-10H2/t13-/m0/s1. The second-order valence-electron chi connectivity index (χ2n) is 5.55. The quantitative estimate of drug-likeness (QED) is 0.439. The summed E-state index contributed by atoms with van der Waals surface area (Å²) in [6.45, 7) is -0.168. The lowest BCUT2D eigenvalue weighted by Gasteiger charge is -2.22. The molecule has 1 aliphatic carbocycles. The minimum Gasteiger partial charge on any atom is -0.459 e. The normalized spacial score (nSPS) is 17.6. The fraction of sp³-hybridized carbons (Fsp3) is 0.533. The van der Waals surface area contributed by atoms with Crippen molar-refractivity contribution in [2.75, 3.05) is 0 Å². The first kappa shape index (κ1) is 18.7. The fourth-order valence-electron chi connectivity index (χ4n) is 2.57. The van der Waals surface area contributed by atoms with Crippen LogP contribution < -0.4 is 0 Å². The molecule has 1 saturated carbocycles. The first-order valence-electron chi connectivity index (χ1n) is 7.41. The van der Waals surface area contributed by atoms with Crippen LogP contribution in [0.5, 0.6) is 0 Å². The Bertz CT molecular complexity index is 651. The molecule has 1 aromatic carbocycles. The number of hydrogen-bond acceptors (Lipinski definition) is 5. The van der Waals surface area contributed by atoms with E-state index in [1.165, 1.54) is 0 Å². The van der Waals surface area contributed by atoms with Gasteiger partial charge in [0.05, 0.1) is 0 Å². The summed E-state index contributed by atoms with van der Waals surface area (Å²) in [5.74, 6) is -1.70. The van der Waals surface area contributed by atoms with Gasteiger partial charge in [0.2, 0.25) is 0 Å². The summed E-state index contributed by atoms with van der Waals surface area (Å²) in [5, 5.41) is 0. The Balaban J connectivity index is 2.09. The molecule has 0 unspecified atom stereocenters. The summed E-state index contributed by atoms with van der Waals surface area (Å²) in [6, 6.07) is 8.52. The number of carbonyl (C=O) groups is 1. The monoisotopic (exact) mass is 366 g/mol. The van der Waals surface area contributed by atoms with Crippen LogP contribution >= 0.6 is 0 Å². The number of rotatable bonds is 6. The number of halogens is 3. The molecule has 24 heavy (non-hydrogen) atoms. The average molecular weight is 366 g/mol. The van der Waals surface area contributed by atoms with E-state index < -0.39 is 33.6 Å². The molecule has 1 atom stereocenters. The molecule has 1 aromatic rings. The van der Waals surface area contributed by atoms with Crippen molar-refractivity contribution in [3.05, 3.63) is 35.9 Å². The van der Waals surface area contributed by atoms with Crippen LogP contribution in [0.15, 0.2) is 30.3 Å². The largest absolute Gasteiger partial charge is 0.523 e. The van der Waals surface area contributed by atoms with Crippen LogP contribution in [0.4, 0.5) is 13.2 Å². The summed E-state index contributed by atoms with van der Waals surface area (Å²) in [4.78, 5) is 12.1. The van der Waals surface area contributed by atoms with E-state index in [2.05, 4.69) is 4.18 Å². The first-order valence-corrected chi connectivity index (χ1v) is 8.81. The molecule has 0 spiro atoms. The van der Waals surface area contributed by atoms with E-state index in [4.69, 9.17) is 4.74 Å². The van der Waals surface area contributed by atoms with Crippen LogP contribution in [0.1, 0.15) is 31.2 Å². The van der Waals surface area contributed by atoms with E-state index >= 15 is 0 Å². The highest BCUT2D eigenvalue weighted by molar-refractivity contribution is 7.87. The smallest absolute Gasteiger partial charge is 0.459 e. The Hall–Kier alpha value is -1.61. The third kappa shape index (κ3) is 4.70. The van der Waals surface area contributed by atoms with Gasteiger partial charge in [0.25, 0.3) is 0 Å². The summed E-state index contributed by atoms with van der Waals surface area (Å²) >= 11 is 0. The van der Waals surface area contributed by atoms with E-state index in [1.807, 2.05) is 0 Å². The molecule has 0 saturated heterocycles. The van der Waals surface area contributed by atoms with Crippen LogP contribution in [-0.2, 0) is 30.4 Å². The Kier molecular flexibility index (Phi) is 5.87. The third-order valence-electron chi connectivity index (χ3n) is 3.80. The second-order valence-corrected chi connectivity index (χ2v) is 7.12. The maximum atomic E-state index is 12.5. The predicted octanol–water partition coefficient (Wildman–Crippen LogP) is 3.15. The van der Waals surface area contributed by atoms with E-state index in [0.29, 0.717) is 31.2 Å². The van der Waals surface area contributed by atoms with E-state index in [9.17, 15) is 26.4 Å². The van der Waals surface area contributed by atoms with Gasteiger partial charge in [-0.3, -0.25) is 0 Å². The molecule has 2 rings (SSSR count). The number of esters is 1. The first-order chi connectivity index (χ1) is 11.2. The molecule has 1 aliphatic rings. The van der Waals surface area contributed by atoms with Gasteiger partial charge >= 0.3 is 21.6 Å². The second kappa shape index (κ2) is 7.52. The maximum Gasteiger partial charge on any atom is 0.523 e. The van der Waals surface area contributed by atoms with Gasteiger partial charge in [-0.15, -0.1) is 0 Å². The predicted molar refractivity (Wildman–Crippen MR) is 78.0 cm³/mol. The Morgan fingerprint density at radius 2 is 1.75 bits per heavy atom. The number of carbonyl (C=O) groups excluding carboxylic acids is 1. The lowest BCUT2D eigenvalue weighted by molar-refractivity contribution is -0.156. The molecule has 5 nitrogen and oxygen atoms in total. The van der Waals surface area contributed by atoms with Crippen LogP contribution in [0.2, 0.25) is 0 Å². The Morgan fingerprint density at radius 1 is 1.17 bits per heavy atom. The molecule has 9 heteroatoms. The van der Waals surface area contributed by atoms with Gasteiger partial charge in [-0.1, -0.05) is 43.2 Å². The van der Waals surface area contributed by atoms with Crippen molar-refractivity contribution in [2.24, 2.45) is 5.92 Å². The van der Waals surface area contributed by atoms with Crippen molar-refractivity contribution < 1.29 is 35.3 Å². The fourth-order valence-corrected chi connectivity index (χ4v) is 3.19. The summed E-state index contributed by atoms with van der Waals surface area (Å²) in [6.07, 6.45) is 0.449. The Labute approximate surface area is 137 Å². The topological polar surface area (TPSA) is 69.7 Å². The van der Waals surface area contributed by atoms with Gasteiger partial charge in [0.15, 0.2) is 6.10 Å². The summed E-state index contributed by atoms with van der Waals surface area (Å²) in [7, 11) is -5.86. The maximum absolute atomic E-state index is 12.5. The van der Waals surface area contributed by atoms with Crippen LogP contribution in [0.25, 0.3) is 0 Å². The lowest BCUT2D eigenvalue weighted by Crippen LogP contribution is -2.39. The minimum absolute atomic E-state index is 0.168. The van der Waals surface area contributed by atoms with Crippen molar-refractivity contribution in [2.45, 2.75) is 43.9 Å². The summed E-state index contributed by atoms with van der Waals surface area (Å²) < 4.78 is 69.2. The molecule has 1 fully saturated rings. The molecule has 0 aromatic heterocycles. The van der Waals surface area contributed by atoms with Crippen LogP contribution in [0.3, 0.4) is 0 Å². The number of alkyl halides is 3. The SMILES string of the molecule is O=C(OCc1ccccc1)[C@@H](OS(=O)(=O)C(F)(F)F)C1CCCC1. The van der Waals surface area contributed by atoms with Gasteiger partial charge in [-0.2, -0.15) is 21.6 Å². The van der Waals surface area contributed by atoms with Crippen LogP contribution in [0, 0.1) is 5.92 Å². The molecule has 134 valence electrons. The van der Waals surface area contributed by atoms with Gasteiger partial charge < -0.3 is 4.74 Å². The molecule has 0 N–H and O–H groups in total. The number of hydrogen-bond donors (Lipinski definition) is 0. The zero-order valence-corrected chi connectivity index (χ0v) is 13.5. The highest BCUT2D eigenvalue weighted by Crippen LogP contribution is 2.34. The van der Waals surface area contributed by atoms with E-state index in [1.54, 1.807) is 30.3 Å². The average Bonchev–Trinajstić information content (AvgIpc) is 3.04. The molecule has 0 heterocycles. The highest BCUT2D eigenvalue weighted by Gasteiger charge is 2.51. The van der Waals surface area contributed by atoms with Crippen molar-refractivity contribution in [3.63, 3.8) is 0 Å². The molecule has 0 amide bonds. The Morgan fingerprint density at radius 3 is 2.29 bits per heavy atom. The van der Waals surface area contributed by atoms with Gasteiger partial charge in [-0.05, 0) is 24.3 Å². The van der Waals surface area contributed by atoms with E-state index in [-0.39, 0.29) is 6.61 Å². The zero-order valence-electron chi connectivity index (χ0n) is 12.7. The van der Waals surface area contributed by atoms with Gasteiger partial charge in [0, 0.05) is 0 Å². The van der Waals surface area contributed by atoms with Crippen molar-refractivity contribution in [1.82, 2.24) is 0 Å². The highest BCUT2D eigenvalue weighted by atomic mass is 32.2. The van der Waals surface area contributed by atoms with Gasteiger partial charge in [0.1, 0.15) is 6.61 Å². The summed E-state index contributed by atoms with van der Waals surface area (Å²) in [5.41, 5.74) is -4.95. The number of benzene rings is 1. The lowest BCUT2D eigenvalue weighted by atomic mass is 10.0. The molecular weight excluding hydrogens is 349 g/mol. The molecular formula is C15H17F3O5S. The minimum atomic E-state index is -5.86. The third-order valence-corrected chi connectivity index (χ3v) is 4.83.